The second-order valence-electron chi connectivity index (χ2n) is 7.37. The number of pyridine rings is 1. The molecule has 1 N–H and O–H groups in total. The number of rotatable bonds is 4. The predicted molar refractivity (Wildman–Crippen MR) is 113 cm³/mol. The molecule has 4 rings (SSSR count). The smallest absolute Gasteiger partial charge is 0.340 e. The Morgan fingerprint density at radius 3 is 2.52 bits per heavy atom. The van der Waals surface area contributed by atoms with E-state index in [0.29, 0.717) is 11.4 Å². The molecule has 1 aliphatic rings. The van der Waals surface area contributed by atoms with E-state index >= 15 is 0 Å². The Kier molecular flexibility index (Phi) is 4.98. The standard InChI is InChI=1S/C23H19N3O5/c1-12-4-7-19-14(8-12)9-17(13(2)24-19)23(30)31-11-20(27)25-15-5-6-16-18(10-15)22(29)26(3)21(16)28/h4-10H,11H2,1-3H3,(H,25,27). The zero-order chi connectivity index (χ0) is 22.3. The first-order valence-corrected chi connectivity index (χ1v) is 9.56. The van der Waals surface area contributed by atoms with Crippen LogP contribution in [0.25, 0.3) is 10.9 Å². The van der Waals surface area contributed by atoms with E-state index in [1.807, 2.05) is 25.1 Å². The van der Waals surface area contributed by atoms with Gasteiger partial charge in [0.15, 0.2) is 6.61 Å². The number of hydrogen-bond donors (Lipinski definition) is 1. The molecule has 0 unspecified atom stereocenters. The number of hydrogen-bond acceptors (Lipinski definition) is 6. The molecular weight excluding hydrogens is 398 g/mol. The highest BCUT2D eigenvalue weighted by Gasteiger charge is 2.32. The van der Waals surface area contributed by atoms with Crippen LogP contribution >= 0.6 is 0 Å². The van der Waals surface area contributed by atoms with E-state index in [2.05, 4.69) is 10.3 Å². The Hall–Kier alpha value is -4.07. The molecule has 0 bridgehead atoms. The Bertz CT molecular complexity index is 1280. The number of ether oxygens (including phenoxy) is 1. The topological polar surface area (TPSA) is 106 Å². The Morgan fingerprint density at radius 1 is 1.00 bits per heavy atom. The zero-order valence-corrected chi connectivity index (χ0v) is 17.2. The second-order valence-corrected chi connectivity index (χ2v) is 7.37. The first-order chi connectivity index (χ1) is 14.7. The van der Waals surface area contributed by atoms with E-state index in [1.54, 1.807) is 13.0 Å². The number of aromatic nitrogens is 1. The second kappa shape index (κ2) is 7.64. The molecule has 0 atom stereocenters. The number of amides is 3. The fraction of sp³-hybridized carbons (Fsp3) is 0.174. The highest BCUT2D eigenvalue weighted by molar-refractivity contribution is 6.21. The first kappa shape index (κ1) is 20.2. The van der Waals surface area contributed by atoms with Gasteiger partial charge in [0.2, 0.25) is 0 Å². The third-order valence-electron chi connectivity index (χ3n) is 5.09. The predicted octanol–water partition coefficient (Wildman–Crippen LogP) is 2.87. The molecule has 3 amide bonds. The molecule has 2 heterocycles. The first-order valence-electron chi connectivity index (χ1n) is 9.56. The van der Waals surface area contributed by atoms with Crippen LogP contribution in [0, 0.1) is 13.8 Å². The third kappa shape index (κ3) is 3.75. The molecule has 0 aliphatic carbocycles. The van der Waals surface area contributed by atoms with Crippen molar-refractivity contribution in [1.82, 2.24) is 9.88 Å². The molecule has 0 radical (unpaired) electrons. The van der Waals surface area contributed by atoms with Gasteiger partial charge in [-0.2, -0.15) is 0 Å². The summed E-state index contributed by atoms with van der Waals surface area (Å²) in [4.78, 5) is 54.2. The molecule has 0 fully saturated rings. The van der Waals surface area contributed by atoms with Gasteiger partial charge in [-0.05, 0) is 50.2 Å². The Labute approximate surface area is 177 Å². The fourth-order valence-electron chi connectivity index (χ4n) is 3.44. The summed E-state index contributed by atoms with van der Waals surface area (Å²) in [7, 11) is 1.40. The maximum Gasteiger partial charge on any atom is 0.340 e. The van der Waals surface area contributed by atoms with Gasteiger partial charge in [-0.15, -0.1) is 0 Å². The minimum atomic E-state index is -0.653. The lowest BCUT2D eigenvalue weighted by Crippen LogP contribution is -2.24. The van der Waals surface area contributed by atoms with Gasteiger partial charge in [-0.3, -0.25) is 24.3 Å². The summed E-state index contributed by atoms with van der Waals surface area (Å²) < 4.78 is 5.15. The monoisotopic (exact) mass is 417 g/mol. The van der Waals surface area contributed by atoms with Crippen LogP contribution in [0.3, 0.4) is 0 Å². The fourth-order valence-corrected chi connectivity index (χ4v) is 3.44. The average Bonchev–Trinajstić information content (AvgIpc) is 2.95. The van der Waals surface area contributed by atoms with Crippen molar-refractivity contribution in [1.29, 1.82) is 0 Å². The number of aryl methyl sites for hydroxylation is 2. The van der Waals surface area contributed by atoms with Gasteiger partial charge in [0.25, 0.3) is 17.7 Å². The number of nitrogens with zero attached hydrogens (tertiary/aromatic N) is 2. The minimum Gasteiger partial charge on any atom is -0.452 e. The van der Waals surface area contributed by atoms with Gasteiger partial charge in [0, 0.05) is 18.1 Å². The molecule has 3 aromatic rings. The highest BCUT2D eigenvalue weighted by Crippen LogP contribution is 2.25. The number of carbonyl (C=O) groups excluding carboxylic acids is 4. The number of nitrogens with one attached hydrogen (secondary N) is 1. The number of anilines is 1. The van der Waals surface area contributed by atoms with Crippen molar-refractivity contribution < 1.29 is 23.9 Å². The molecule has 8 nitrogen and oxygen atoms in total. The molecule has 2 aromatic carbocycles. The summed E-state index contributed by atoms with van der Waals surface area (Å²) in [6.07, 6.45) is 0. The number of carbonyl (C=O) groups is 4. The molecule has 8 heteroatoms. The quantitative estimate of drug-likeness (QED) is 0.517. The maximum atomic E-state index is 12.5. The van der Waals surface area contributed by atoms with Gasteiger partial charge in [0.1, 0.15) is 0 Å². The molecule has 0 saturated heterocycles. The Morgan fingerprint density at radius 2 is 1.74 bits per heavy atom. The van der Waals surface area contributed by atoms with E-state index in [4.69, 9.17) is 4.74 Å². The van der Waals surface area contributed by atoms with Crippen LogP contribution in [0.2, 0.25) is 0 Å². The number of fused-ring (bicyclic) bond motifs is 2. The maximum absolute atomic E-state index is 12.5. The summed E-state index contributed by atoms with van der Waals surface area (Å²) in [6, 6.07) is 11.9. The summed E-state index contributed by atoms with van der Waals surface area (Å²) in [5.74, 6) is -2.04. The molecule has 1 aromatic heterocycles. The van der Waals surface area contributed by atoms with Gasteiger partial charge in [0.05, 0.1) is 27.9 Å². The molecule has 0 spiro atoms. The van der Waals surface area contributed by atoms with Crippen LogP contribution in [0.1, 0.15) is 42.3 Å². The molecule has 31 heavy (non-hydrogen) atoms. The number of imide groups is 1. The van der Waals surface area contributed by atoms with Gasteiger partial charge < -0.3 is 10.1 Å². The van der Waals surface area contributed by atoms with Crippen molar-refractivity contribution >= 4 is 40.3 Å². The van der Waals surface area contributed by atoms with Crippen molar-refractivity contribution in [2.45, 2.75) is 13.8 Å². The normalized spacial score (nSPS) is 12.8. The average molecular weight is 417 g/mol. The molecule has 0 saturated carbocycles. The van der Waals surface area contributed by atoms with Gasteiger partial charge >= 0.3 is 5.97 Å². The molecular formula is C23H19N3O5. The molecule has 1 aliphatic heterocycles. The van der Waals surface area contributed by atoms with Crippen LogP contribution in [-0.4, -0.2) is 47.2 Å². The van der Waals surface area contributed by atoms with Crippen molar-refractivity contribution in [3.63, 3.8) is 0 Å². The summed E-state index contributed by atoms with van der Waals surface area (Å²) in [5, 5.41) is 3.38. The largest absolute Gasteiger partial charge is 0.452 e. The van der Waals surface area contributed by atoms with Crippen LogP contribution in [0.15, 0.2) is 42.5 Å². The van der Waals surface area contributed by atoms with Crippen LogP contribution in [-0.2, 0) is 9.53 Å². The van der Waals surface area contributed by atoms with Gasteiger partial charge in [-0.1, -0.05) is 11.6 Å². The van der Waals surface area contributed by atoms with E-state index in [0.717, 1.165) is 21.4 Å². The lowest BCUT2D eigenvalue weighted by Gasteiger charge is -2.09. The third-order valence-corrected chi connectivity index (χ3v) is 5.09. The minimum absolute atomic E-state index is 0.218. The lowest BCUT2D eigenvalue weighted by atomic mass is 10.1. The summed E-state index contributed by atoms with van der Waals surface area (Å²) in [6.45, 7) is 3.14. The van der Waals surface area contributed by atoms with Crippen LogP contribution < -0.4 is 5.32 Å². The van der Waals surface area contributed by atoms with E-state index in [-0.39, 0.29) is 22.6 Å². The van der Waals surface area contributed by atoms with Crippen molar-refractivity contribution in [3.05, 3.63) is 70.4 Å². The molecule has 156 valence electrons. The van der Waals surface area contributed by atoms with Crippen molar-refractivity contribution in [2.75, 3.05) is 19.0 Å². The summed E-state index contributed by atoms with van der Waals surface area (Å²) in [5.41, 5.74) is 3.44. The van der Waals surface area contributed by atoms with Crippen LogP contribution in [0.4, 0.5) is 5.69 Å². The zero-order valence-electron chi connectivity index (χ0n) is 17.2. The summed E-state index contributed by atoms with van der Waals surface area (Å²) >= 11 is 0. The van der Waals surface area contributed by atoms with Crippen molar-refractivity contribution in [3.8, 4) is 0 Å². The SMILES string of the molecule is Cc1ccc2nc(C)c(C(=O)OCC(=O)Nc3ccc4c(c3)C(=O)N(C)C4=O)cc2c1. The van der Waals surface area contributed by atoms with Gasteiger partial charge in [-0.25, -0.2) is 4.79 Å². The van der Waals surface area contributed by atoms with E-state index in [1.165, 1.54) is 25.2 Å². The van der Waals surface area contributed by atoms with Crippen LogP contribution in [0.5, 0.6) is 0 Å². The van der Waals surface area contributed by atoms with Crippen molar-refractivity contribution in [2.24, 2.45) is 0 Å². The Balaban J connectivity index is 1.43. The lowest BCUT2D eigenvalue weighted by molar-refractivity contribution is -0.119. The number of benzene rings is 2. The van der Waals surface area contributed by atoms with E-state index < -0.39 is 24.4 Å². The highest BCUT2D eigenvalue weighted by atomic mass is 16.5. The van der Waals surface area contributed by atoms with E-state index in [9.17, 15) is 19.2 Å². The number of esters is 1.